The van der Waals surface area contributed by atoms with Gasteiger partial charge in [0.15, 0.2) is 11.9 Å². The second kappa shape index (κ2) is 14.9. The second-order valence-electron chi connectivity index (χ2n) is 14.5. The number of guanidine groups is 2. The minimum Gasteiger partial charge on any atom is -0.370 e. The van der Waals surface area contributed by atoms with Gasteiger partial charge >= 0.3 is 0 Å². The second-order valence-corrected chi connectivity index (χ2v) is 14.5. The minimum atomic E-state index is 0.238. The molecule has 2 saturated heterocycles. The zero-order valence-corrected chi connectivity index (χ0v) is 28.0. The first-order chi connectivity index (χ1) is 23.1. The van der Waals surface area contributed by atoms with E-state index in [1.807, 2.05) is 0 Å². The Morgan fingerprint density at radius 1 is 0.702 bits per heavy atom. The third kappa shape index (κ3) is 7.67. The van der Waals surface area contributed by atoms with E-state index in [2.05, 4.69) is 111 Å². The zero-order chi connectivity index (χ0) is 32.0. The standard InChI is InChI=1S/C40H53N7/c41-39-43-26-36(23-31-13-4-1-5-14-31)45(39)29-35-21-12-22-44(35)28-37(24-32-15-6-2-7-16-32)47-30-38(25-33-17-8-3-9-18-33)46(40(47)42)27-34-19-10-11-20-34/h1-9,13-18,34-38,42H,10-12,19-30H2,(H2,41,43)/t35?,36-,37-,38-/m0/s1. The van der Waals surface area contributed by atoms with Crippen molar-refractivity contribution >= 4 is 11.9 Å². The molecule has 47 heavy (non-hydrogen) atoms. The summed E-state index contributed by atoms with van der Waals surface area (Å²) in [6.45, 7) is 5.70. The number of rotatable bonds is 13. The average Bonchev–Trinajstić information content (AvgIpc) is 3.90. The summed E-state index contributed by atoms with van der Waals surface area (Å²) in [6, 6.07) is 34.0. The lowest BCUT2D eigenvalue weighted by Crippen LogP contribution is -2.52. The van der Waals surface area contributed by atoms with Gasteiger partial charge in [0.2, 0.25) is 0 Å². The van der Waals surface area contributed by atoms with Crippen LogP contribution in [-0.2, 0) is 19.3 Å². The Kier molecular flexibility index (Phi) is 10.1. The summed E-state index contributed by atoms with van der Waals surface area (Å²) in [5, 5.41) is 9.68. The molecule has 7 nitrogen and oxygen atoms in total. The van der Waals surface area contributed by atoms with Gasteiger partial charge in [-0.05, 0) is 74.1 Å². The quantitative estimate of drug-likeness (QED) is 0.255. The molecule has 0 bridgehead atoms. The monoisotopic (exact) mass is 631 g/mol. The molecule has 0 amide bonds. The summed E-state index contributed by atoms with van der Waals surface area (Å²) in [5.41, 5.74) is 10.6. The van der Waals surface area contributed by atoms with Crippen molar-refractivity contribution in [1.82, 2.24) is 19.6 Å². The van der Waals surface area contributed by atoms with Crippen LogP contribution in [0.25, 0.3) is 0 Å². The van der Waals surface area contributed by atoms with E-state index in [0.29, 0.717) is 30.0 Å². The largest absolute Gasteiger partial charge is 0.370 e. The lowest BCUT2D eigenvalue weighted by Gasteiger charge is -2.37. The molecule has 7 rings (SSSR count). The van der Waals surface area contributed by atoms with Crippen molar-refractivity contribution in [1.29, 1.82) is 5.41 Å². The summed E-state index contributed by atoms with van der Waals surface area (Å²) in [4.78, 5) is 14.8. The van der Waals surface area contributed by atoms with Gasteiger partial charge in [0, 0.05) is 38.3 Å². The Bertz CT molecular complexity index is 1460. The van der Waals surface area contributed by atoms with Crippen LogP contribution in [0.1, 0.15) is 55.2 Å². The van der Waals surface area contributed by atoms with Crippen molar-refractivity contribution in [2.45, 2.75) is 82.0 Å². The van der Waals surface area contributed by atoms with E-state index in [1.165, 1.54) is 55.2 Å². The van der Waals surface area contributed by atoms with Crippen molar-refractivity contribution in [3.8, 4) is 0 Å². The SMILES string of the molecule is N=C1N(CC2CCCC2)[C@@H](Cc2ccccc2)CN1[C@@H](Cc1ccccc1)CN1CCCC1CN1C(N)=NC[C@@H]1Cc1ccccc1. The third-order valence-electron chi connectivity index (χ3n) is 11.3. The molecular formula is C40H53N7. The molecular weight excluding hydrogens is 578 g/mol. The summed E-state index contributed by atoms with van der Waals surface area (Å²) in [6.07, 6.45) is 10.6. The molecule has 1 unspecified atom stereocenters. The average molecular weight is 632 g/mol. The van der Waals surface area contributed by atoms with Crippen LogP contribution < -0.4 is 5.73 Å². The number of nitrogens with two attached hydrogens (primary N) is 1. The third-order valence-corrected chi connectivity index (χ3v) is 11.3. The number of aliphatic imine (C=N–C) groups is 1. The molecule has 4 aliphatic rings. The molecule has 1 saturated carbocycles. The fourth-order valence-electron chi connectivity index (χ4n) is 8.72. The first-order valence-electron chi connectivity index (χ1n) is 18.1. The fraction of sp³-hybridized carbons (Fsp3) is 0.500. The van der Waals surface area contributed by atoms with Crippen LogP contribution in [0.15, 0.2) is 96.0 Å². The summed E-state index contributed by atoms with van der Waals surface area (Å²) < 4.78 is 0. The van der Waals surface area contributed by atoms with Gasteiger partial charge in [-0.25, -0.2) is 0 Å². The van der Waals surface area contributed by atoms with Gasteiger partial charge < -0.3 is 20.4 Å². The molecule has 4 atom stereocenters. The molecule has 1 aliphatic carbocycles. The van der Waals surface area contributed by atoms with Crippen LogP contribution in [-0.4, -0.2) is 95.0 Å². The van der Waals surface area contributed by atoms with Crippen LogP contribution >= 0.6 is 0 Å². The number of hydrogen-bond acceptors (Lipinski definition) is 5. The van der Waals surface area contributed by atoms with Crippen molar-refractivity contribution in [3.05, 3.63) is 108 Å². The maximum atomic E-state index is 9.68. The zero-order valence-electron chi connectivity index (χ0n) is 28.0. The highest BCUT2D eigenvalue weighted by Crippen LogP contribution is 2.31. The number of hydrogen-bond donors (Lipinski definition) is 2. The van der Waals surface area contributed by atoms with Crippen LogP contribution in [0, 0.1) is 11.3 Å². The van der Waals surface area contributed by atoms with Gasteiger partial charge in [0.25, 0.3) is 0 Å². The number of nitrogens with one attached hydrogen (secondary N) is 1. The van der Waals surface area contributed by atoms with Gasteiger partial charge in [-0.2, -0.15) is 0 Å². The molecule has 3 N–H and O–H groups in total. The molecule has 0 aromatic heterocycles. The number of likely N-dealkylation sites (tertiary alicyclic amines) is 1. The van der Waals surface area contributed by atoms with Crippen LogP contribution in [0.4, 0.5) is 0 Å². The molecule has 3 aromatic carbocycles. The highest BCUT2D eigenvalue weighted by Gasteiger charge is 2.41. The van der Waals surface area contributed by atoms with Crippen molar-refractivity contribution in [2.75, 3.05) is 39.3 Å². The van der Waals surface area contributed by atoms with Crippen molar-refractivity contribution < 1.29 is 0 Å². The Morgan fingerprint density at radius 2 is 1.32 bits per heavy atom. The number of nitrogens with zero attached hydrogens (tertiary/aromatic N) is 5. The topological polar surface area (TPSA) is 75.2 Å². The summed E-state index contributed by atoms with van der Waals surface area (Å²) >= 11 is 0. The maximum Gasteiger partial charge on any atom is 0.194 e. The van der Waals surface area contributed by atoms with Crippen LogP contribution in [0.2, 0.25) is 0 Å². The first-order valence-corrected chi connectivity index (χ1v) is 18.1. The Labute approximate surface area is 282 Å². The minimum absolute atomic E-state index is 0.238. The predicted octanol–water partition coefficient (Wildman–Crippen LogP) is 5.66. The van der Waals surface area contributed by atoms with Crippen LogP contribution in [0.5, 0.6) is 0 Å². The molecule has 0 radical (unpaired) electrons. The lowest BCUT2D eigenvalue weighted by molar-refractivity contribution is 0.157. The van der Waals surface area contributed by atoms with Gasteiger partial charge in [0.1, 0.15) is 0 Å². The molecule has 3 aromatic rings. The number of benzene rings is 3. The molecule has 7 heteroatoms. The first kappa shape index (κ1) is 31.7. The normalized spacial score (nSPS) is 24.4. The summed E-state index contributed by atoms with van der Waals surface area (Å²) in [5.74, 6) is 2.15. The van der Waals surface area contributed by atoms with Crippen LogP contribution in [0.3, 0.4) is 0 Å². The van der Waals surface area contributed by atoms with Gasteiger partial charge in [-0.1, -0.05) is 104 Å². The molecule has 0 spiro atoms. The van der Waals surface area contributed by atoms with E-state index in [1.54, 1.807) is 0 Å². The van der Waals surface area contributed by atoms with Crippen molar-refractivity contribution in [2.24, 2.45) is 16.6 Å². The van der Waals surface area contributed by atoms with Gasteiger partial charge in [-0.15, -0.1) is 0 Å². The van der Waals surface area contributed by atoms with E-state index < -0.39 is 0 Å². The van der Waals surface area contributed by atoms with Gasteiger partial charge in [0.05, 0.1) is 18.6 Å². The molecule has 3 aliphatic heterocycles. The van der Waals surface area contributed by atoms with E-state index >= 15 is 0 Å². The Morgan fingerprint density at radius 3 is 1.98 bits per heavy atom. The maximum absolute atomic E-state index is 9.68. The Hall–Kier alpha value is -3.84. The smallest absolute Gasteiger partial charge is 0.194 e. The molecule has 248 valence electrons. The fourth-order valence-corrected chi connectivity index (χ4v) is 8.72. The molecule has 3 heterocycles. The summed E-state index contributed by atoms with van der Waals surface area (Å²) in [7, 11) is 0. The van der Waals surface area contributed by atoms with E-state index in [4.69, 9.17) is 10.7 Å². The predicted molar refractivity (Wildman–Crippen MR) is 193 cm³/mol. The van der Waals surface area contributed by atoms with E-state index in [0.717, 1.165) is 64.5 Å². The Balaban J connectivity index is 1.10. The lowest BCUT2D eigenvalue weighted by atomic mass is 10.0. The van der Waals surface area contributed by atoms with E-state index in [9.17, 15) is 5.41 Å². The molecule has 3 fully saturated rings. The van der Waals surface area contributed by atoms with E-state index in [-0.39, 0.29) is 6.04 Å². The highest BCUT2D eigenvalue weighted by molar-refractivity contribution is 5.80. The highest BCUT2D eigenvalue weighted by atomic mass is 15.5. The van der Waals surface area contributed by atoms with Crippen molar-refractivity contribution in [3.63, 3.8) is 0 Å². The van der Waals surface area contributed by atoms with Gasteiger partial charge in [-0.3, -0.25) is 15.3 Å².